The van der Waals surface area contributed by atoms with E-state index in [2.05, 4.69) is 56.6 Å². The molecule has 2 N–H and O–H groups in total. The minimum Gasteiger partial charge on any atom is -0.349 e. The van der Waals surface area contributed by atoms with Crippen LogP contribution in [0.5, 0.6) is 0 Å². The quantitative estimate of drug-likeness (QED) is 0.502. The van der Waals surface area contributed by atoms with Gasteiger partial charge in [0, 0.05) is 22.8 Å². The molecule has 3 aromatic carbocycles. The molecule has 0 saturated heterocycles. The van der Waals surface area contributed by atoms with E-state index in [0.29, 0.717) is 19.5 Å². The summed E-state index contributed by atoms with van der Waals surface area (Å²) in [7, 11) is 0. The lowest BCUT2D eigenvalue weighted by Gasteiger charge is -2.32. The number of aromatic amines is 1. The van der Waals surface area contributed by atoms with Crippen LogP contribution in [0.3, 0.4) is 0 Å². The van der Waals surface area contributed by atoms with Crippen LogP contribution in [-0.2, 0) is 11.3 Å². The average Bonchev–Trinajstić information content (AvgIpc) is 3.18. The number of aromatic nitrogens is 2. The van der Waals surface area contributed by atoms with Crippen LogP contribution in [0.2, 0.25) is 0 Å². The number of benzene rings is 3. The van der Waals surface area contributed by atoms with E-state index in [9.17, 15) is 4.79 Å². The molecule has 6 heteroatoms. The maximum atomic E-state index is 12.5. The van der Waals surface area contributed by atoms with Crippen molar-refractivity contribution < 1.29 is 4.79 Å². The van der Waals surface area contributed by atoms with Crippen LogP contribution < -0.4 is 10.2 Å². The molecule has 5 rings (SSSR count). The molecular formula is C23H20N4OS. The summed E-state index contributed by atoms with van der Waals surface area (Å²) in [4.78, 5) is 24.9. The predicted octanol–water partition coefficient (Wildman–Crippen LogP) is 4.87. The number of imidazole rings is 1. The number of amides is 1. The lowest BCUT2D eigenvalue weighted by Crippen LogP contribution is -2.29. The second-order valence-electron chi connectivity index (χ2n) is 6.92. The minimum absolute atomic E-state index is 0.0126. The normalized spacial score (nSPS) is 12.5. The van der Waals surface area contributed by atoms with Gasteiger partial charge in [-0.25, -0.2) is 4.98 Å². The number of hydrogen-bond acceptors (Lipinski definition) is 4. The van der Waals surface area contributed by atoms with Crippen LogP contribution in [0.25, 0.3) is 11.0 Å². The molecule has 0 spiro atoms. The Kier molecular flexibility index (Phi) is 4.69. The van der Waals surface area contributed by atoms with E-state index in [0.717, 1.165) is 28.2 Å². The van der Waals surface area contributed by atoms with Crippen LogP contribution in [0.4, 0.5) is 11.4 Å². The highest BCUT2D eigenvalue weighted by molar-refractivity contribution is 7.99. The van der Waals surface area contributed by atoms with E-state index in [-0.39, 0.29) is 5.91 Å². The Balaban J connectivity index is 1.27. The molecule has 1 amide bonds. The summed E-state index contributed by atoms with van der Waals surface area (Å²) in [5.41, 5.74) is 4.20. The Morgan fingerprint density at radius 2 is 1.59 bits per heavy atom. The van der Waals surface area contributed by atoms with Crippen molar-refractivity contribution in [2.24, 2.45) is 0 Å². The molecule has 1 aliphatic rings. The minimum atomic E-state index is 0.0126. The lowest BCUT2D eigenvalue weighted by atomic mass is 10.2. The van der Waals surface area contributed by atoms with Crippen molar-refractivity contribution in [1.29, 1.82) is 0 Å². The molecule has 29 heavy (non-hydrogen) atoms. The summed E-state index contributed by atoms with van der Waals surface area (Å²) in [5, 5.41) is 2.98. The molecule has 1 aromatic heterocycles. The fraction of sp³-hybridized carbons (Fsp3) is 0.130. The third-order valence-electron chi connectivity index (χ3n) is 4.99. The Labute approximate surface area is 173 Å². The fourth-order valence-corrected chi connectivity index (χ4v) is 4.69. The highest BCUT2D eigenvalue weighted by Crippen LogP contribution is 2.47. The molecule has 0 radical (unpaired) electrons. The Bertz CT molecular complexity index is 1110. The number of carbonyl (C=O) groups is 1. The third-order valence-corrected chi connectivity index (χ3v) is 6.12. The molecule has 1 aliphatic heterocycles. The monoisotopic (exact) mass is 400 g/mol. The number of hydrogen-bond donors (Lipinski definition) is 2. The molecule has 0 bridgehead atoms. The number of rotatable bonds is 5. The Morgan fingerprint density at radius 1 is 0.931 bits per heavy atom. The second-order valence-corrected chi connectivity index (χ2v) is 8.00. The number of H-pyrrole nitrogens is 1. The Morgan fingerprint density at radius 3 is 2.31 bits per heavy atom. The summed E-state index contributed by atoms with van der Waals surface area (Å²) in [6.45, 7) is 1.02. The van der Waals surface area contributed by atoms with Gasteiger partial charge in [0.25, 0.3) is 0 Å². The van der Waals surface area contributed by atoms with Gasteiger partial charge < -0.3 is 15.2 Å². The second kappa shape index (κ2) is 7.64. The Hall–Kier alpha value is -3.25. The standard InChI is InChI=1S/C23H20N4OS/c28-23(24-15-22-25-16-7-1-2-8-17(16)26-22)13-14-27-18-9-3-5-11-20(18)29-21-12-6-4-10-19(21)27/h1-12H,13-15H2,(H,24,28)(H,25,26). The first-order chi connectivity index (χ1) is 14.3. The van der Waals surface area contributed by atoms with E-state index >= 15 is 0 Å². The van der Waals surface area contributed by atoms with Crippen molar-refractivity contribution in [2.75, 3.05) is 11.4 Å². The first-order valence-corrected chi connectivity index (χ1v) is 10.4. The molecule has 2 heterocycles. The predicted molar refractivity (Wildman–Crippen MR) is 117 cm³/mol. The topological polar surface area (TPSA) is 61.0 Å². The fourth-order valence-electron chi connectivity index (χ4n) is 3.60. The molecule has 144 valence electrons. The van der Waals surface area contributed by atoms with Gasteiger partial charge in [-0.3, -0.25) is 4.79 Å². The van der Waals surface area contributed by atoms with Crippen molar-refractivity contribution in [3.8, 4) is 0 Å². The first-order valence-electron chi connectivity index (χ1n) is 9.62. The zero-order valence-electron chi connectivity index (χ0n) is 15.8. The van der Waals surface area contributed by atoms with Gasteiger partial charge in [-0.15, -0.1) is 0 Å². The summed E-state index contributed by atoms with van der Waals surface area (Å²) < 4.78 is 0. The molecule has 5 nitrogen and oxygen atoms in total. The smallest absolute Gasteiger partial charge is 0.222 e. The van der Waals surface area contributed by atoms with E-state index in [1.54, 1.807) is 11.8 Å². The molecule has 0 aliphatic carbocycles. The highest BCUT2D eigenvalue weighted by Gasteiger charge is 2.23. The van der Waals surface area contributed by atoms with Crippen LogP contribution in [0.15, 0.2) is 82.6 Å². The first kappa shape index (κ1) is 17.8. The van der Waals surface area contributed by atoms with E-state index < -0.39 is 0 Å². The van der Waals surface area contributed by atoms with Crippen molar-refractivity contribution in [3.05, 3.63) is 78.6 Å². The zero-order valence-corrected chi connectivity index (χ0v) is 16.6. The van der Waals surface area contributed by atoms with E-state index in [4.69, 9.17) is 0 Å². The van der Waals surface area contributed by atoms with Crippen LogP contribution in [0, 0.1) is 0 Å². The highest BCUT2D eigenvalue weighted by atomic mass is 32.2. The largest absolute Gasteiger partial charge is 0.349 e. The summed E-state index contributed by atoms with van der Waals surface area (Å²) in [5.74, 6) is 0.781. The van der Waals surface area contributed by atoms with E-state index in [1.807, 2.05) is 36.4 Å². The van der Waals surface area contributed by atoms with Crippen LogP contribution in [-0.4, -0.2) is 22.4 Å². The third kappa shape index (κ3) is 3.59. The van der Waals surface area contributed by atoms with Gasteiger partial charge in [0.05, 0.1) is 29.0 Å². The van der Waals surface area contributed by atoms with Gasteiger partial charge in [-0.05, 0) is 36.4 Å². The van der Waals surface area contributed by atoms with Gasteiger partial charge in [0.2, 0.25) is 5.91 Å². The van der Waals surface area contributed by atoms with Crippen molar-refractivity contribution >= 4 is 40.1 Å². The van der Waals surface area contributed by atoms with Gasteiger partial charge in [-0.2, -0.15) is 0 Å². The van der Waals surface area contributed by atoms with Crippen molar-refractivity contribution in [3.63, 3.8) is 0 Å². The number of fused-ring (bicyclic) bond motifs is 3. The number of anilines is 2. The SMILES string of the molecule is O=C(CCN1c2ccccc2Sc2ccccc21)NCc1nc2ccccc2[nH]1. The molecule has 0 fully saturated rings. The van der Waals surface area contributed by atoms with E-state index in [1.165, 1.54) is 9.79 Å². The lowest BCUT2D eigenvalue weighted by molar-refractivity contribution is -0.121. The average molecular weight is 401 g/mol. The zero-order chi connectivity index (χ0) is 19.6. The van der Waals surface area contributed by atoms with Crippen molar-refractivity contribution in [1.82, 2.24) is 15.3 Å². The van der Waals surface area contributed by atoms with Crippen molar-refractivity contribution in [2.45, 2.75) is 22.8 Å². The van der Waals surface area contributed by atoms with Gasteiger partial charge in [0.1, 0.15) is 5.82 Å². The van der Waals surface area contributed by atoms with Gasteiger partial charge in [-0.1, -0.05) is 48.2 Å². The molecule has 0 unspecified atom stereocenters. The van der Waals surface area contributed by atoms with Gasteiger partial charge in [0.15, 0.2) is 0 Å². The molecule has 0 atom stereocenters. The maximum absolute atomic E-state index is 12.5. The maximum Gasteiger partial charge on any atom is 0.222 e. The summed E-state index contributed by atoms with van der Waals surface area (Å²) in [6, 6.07) is 24.6. The van der Waals surface area contributed by atoms with Crippen LogP contribution in [0.1, 0.15) is 12.2 Å². The number of nitrogens with zero attached hydrogens (tertiary/aromatic N) is 2. The molecule has 4 aromatic rings. The molecular weight excluding hydrogens is 380 g/mol. The van der Waals surface area contributed by atoms with Gasteiger partial charge >= 0.3 is 0 Å². The number of carbonyl (C=O) groups excluding carboxylic acids is 1. The summed E-state index contributed by atoms with van der Waals surface area (Å²) >= 11 is 1.78. The molecule has 0 saturated carbocycles. The summed E-state index contributed by atoms with van der Waals surface area (Å²) in [6.07, 6.45) is 0.410. The number of nitrogens with one attached hydrogen (secondary N) is 2. The van der Waals surface area contributed by atoms with Crippen LogP contribution >= 0.6 is 11.8 Å². The number of para-hydroxylation sites is 4.